The molecule has 2 rings (SSSR count). The van der Waals surface area contributed by atoms with Crippen molar-refractivity contribution < 1.29 is 4.74 Å². The summed E-state index contributed by atoms with van der Waals surface area (Å²) in [5, 5.41) is 8.21. The predicted molar refractivity (Wildman–Crippen MR) is 54.6 cm³/mol. The van der Waals surface area contributed by atoms with Gasteiger partial charge in [-0.2, -0.15) is 10.1 Å². The number of fused-ring (bicyclic) bond motifs is 1. The van der Waals surface area contributed by atoms with E-state index in [-0.39, 0.29) is 0 Å². The normalized spacial score (nSPS) is 10.7. The second-order valence-corrected chi connectivity index (χ2v) is 3.35. The predicted octanol–water partition coefficient (Wildman–Crippen LogP) is 1.47. The van der Waals surface area contributed by atoms with Crippen molar-refractivity contribution in [3.8, 4) is 5.88 Å². The van der Waals surface area contributed by atoms with Crippen molar-refractivity contribution in [3.05, 3.63) is 6.20 Å². The summed E-state index contributed by atoms with van der Waals surface area (Å²) in [5.41, 5.74) is 0.716. The summed E-state index contributed by atoms with van der Waals surface area (Å²) < 4.78 is 5.40. The smallest absolute Gasteiger partial charge is 0.228 e. The number of aromatic amines is 1. The lowest BCUT2D eigenvalue weighted by molar-refractivity contribution is 0.328. The molecule has 14 heavy (non-hydrogen) atoms. The van der Waals surface area contributed by atoms with Crippen LogP contribution in [-0.2, 0) is 0 Å². The lowest BCUT2D eigenvalue weighted by Gasteiger charge is -2.03. The van der Waals surface area contributed by atoms with E-state index in [1.54, 1.807) is 6.20 Å². The molecule has 0 aromatic carbocycles. The summed E-state index contributed by atoms with van der Waals surface area (Å²) in [7, 11) is 0. The van der Waals surface area contributed by atoms with E-state index in [1.165, 1.54) is 11.8 Å². The van der Waals surface area contributed by atoms with Gasteiger partial charge in [0.1, 0.15) is 5.39 Å². The summed E-state index contributed by atoms with van der Waals surface area (Å²) in [6, 6.07) is 0. The first kappa shape index (κ1) is 9.26. The van der Waals surface area contributed by atoms with Crippen LogP contribution in [0.15, 0.2) is 11.4 Å². The third kappa shape index (κ3) is 1.52. The minimum absolute atomic E-state index is 0.588. The van der Waals surface area contributed by atoms with Crippen LogP contribution in [0.1, 0.15) is 6.92 Å². The summed E-state index contributed by atoms with van der Waals surface area (Å²) in [6.45, 7) is 2.51. The summed E-state index contributed by atoms with van der Waals surface area (Å²) in [6.07, 6.45) is 3.59. The van der Waals surface area contributed by atoms with Crippen LogP contribution >= 0.6 is 11.8 Å². The SMILES string of the molecule is CCOc1nc(SC)nc2[nH]ncc12. The van der Waals surface area contributed by atoms with E-state index >= 15 is 0 Å². The first-order valence-corrected chi connectivity index (χ1v) is 5.45. The Kier molecular flexibility index (Phi) is 2.53. The molecule has 0 atom stereocenters. The van der Waals surface area contributed by atoms with Crippen LogP contribution < -0.4 is 4.74 Å². The zero-order valence-corrected chi connectivity index (χ0v) is 8.76. The van der Waals surface area contributed by atoms with E-state index in [0.717, 1.165) is 5.39 Å². The molecular formula is C8H10N4OS. The van der Waals surface area contributed by atoms with E-state index in [2.05, 4.69) is 20.2 Å². The van der Waals surface area contributed by atoms with Crippen molar-refractivity contribution in [1.82, 2.24) is 20.2 Å². The van der Waals surface area contributed by atoms with Crippen molar-refractivity contribution in [3.63, 3.8) is 0 Å². The number of aromatic nitrogens is 4. The molecule has 74 valence electrons. The molecular weight excluding hydrogens is 200 g/mol. The molecule has 1 N–H and O–H groups in total. The standard InChI is InChI=1S/C8H10N4OS/c1-3-13-7-5-4-9-12-6(5)10-8(11-7)14-2/h4H,3H2,1-2H3,(H,9,10,11,12). The number of rotatable bonds is 3. The van der Waals surface area contributed by atoms with Gasteiger partial charge in [-0.15, -0.1) is 0 Å². The minimum atomic E-state index is 0.588. The van der Waals surface area contributed by atoms with Gasteiger partial charge in [0.25, 0.3) is 0 Å². The van der Waals surface area contributed by atoms with Crippen LogP contribution in [0.4, 0.5) is 0 Å². The maximum atomic E-state index is 5.40. The van der Waals surface area contributed by atoms with Crippen LogP contribution in [0.5, 0.6) is 5.88 Å². The minimum Gasteiger partial charge on any atom is -0.477 e. The summed E-state index contributed by atoms with van der Waals surface area (Å²) in [5.74, 6) is 0.593. The highest BCUT2D eigenvalue weighted by Gasteiger charge is 2.09. The van der Waals surface area contributed by atoms with Crippen molar-refractivity contribution in [2.45, 2.75) is 12.1 Å². The van der Waals surface area contributed by atoms with Gasteiger partial charge in [0.05, 0.1) is 12.8 Å². The molecule has 0 fully saturated rings. The Morgan fingerprint density at radius 3 is 3.07 bits per heavy atom. The van der Waals surface area contributed by atoms with E-state index in [9.17, 15) is 0 Å². The van der Waals surface area contributed by atoms with Crippen LogP contribution in [0.2, 0.25) is 0 Å². The van der Waals surface area contributed by atoms with Gasteiger partial charge in [-0.25, -0.2) is 4.98 Å². The van der Waals surface area contributed by atoms with Gasteiger partial charge in [-0.05, 0) is 13.2 Å². The Balaban J connectivity index is 2.58. The maximum Gasteiger partial charge on any atom is 0.228 e. The number of H-pyrrole nitrogens is 1. The second kappa shape index (κ2) is 3.83. The van der Waals surface area contributed by atoms with Gasteiger partial charge in [0.2, 0.25) is 5.88 Å². The van der Waals surface area contributed by atoms with Crippen molar-refractivity contribution in [1.29, 1.82) is 0 Å². The van der Waals surface area contributed by atoms with Crippen molar-refractivity contribution >= 4 is 22.8 Å². The molecule has 0 spiro atoms. The number of nitrogens with zero attached hydrogens (tertiary/aromatic N) is 3. The molecule has 0 amide bonds. The number of nitrogens with one attached hydrogen (secondary N) is 1. The van der Waals surface area contributed by atoms with Gasteiger partial charge in [-0.3, -0.25) is 5.10 Å². The molecule has 2 heterocycles. The number of ether oxygens (including phenoxy) is 1. The molecule has 2 aromatic rings. The summed E-state index contributed by atoms with van der Waals surface area (Å²) in [4.78, 5) is 8.50. The fraction of sp³-hybridized carbons (Fsp3) is 0.375. The Labute approximate surface area is 85.3 Å². The monoisotopic (exact) mass is 210 g/mol. The molecule has 0 aliphatic carbocycles. The molecule has 0 saturated heterocycles. The van der Waals surface area contributed by atoms with Crippen molar-refractivity contribution in [2.24, 2.45) is 0 Å². The van der Waals surface area contributed by atoms with Crippen LogP contribution in [0.3, 0.4) is 0 Å². The first-order valence-electron chi connectivity index (χ1n) is 4.23. The summed E-state index contributed by atoms with van der Waals surface area (Å²) >= 11 is 1.48. The second-order valence-electron chi connectivity index (χ2n) is 2.58. The zero-order valence-electron chi connectivity index (χ0n) is 7.94. The fourth-order valence-electron chi connectivity index (χ4n) is 1.13. The lowest BCUT2D eigenvalue weighted by atomic mass is 10.4. The van der Waals surface area contributed by atoms with Gasteiger partial charge in [0.15, 0.2) is 10.8 Å². The topological polar surface area (TPSA) is 63.7 Å². The molecule has 0 saturated carbocycles. The van der Waals surface area contributed by atoms with Crippen LogP contribution in [0.25, 0.3) is 11.0 Å². The maximum absolute atomic E-state index is 5.40. The van der Waals surface area contributed by atoms with Gasteiger partial charge in [-0.1, -0.05) is 11.8 Å². The molecule has 5 nitrogen and oxygen atoms in total. The average molecular weight is 210 g/mol. The Bertz CT molecular complexity index is 442. The molecule has 2 aromatic heterocycles. The number of hydrogen-bond donors (Lipinski definition) is 1. The molecule has 0 unspecified atom stereocenters. The third-order valence-electron chi connectivity index (χ3n) is 1.72. The quantitative estimate of drug-likeness (QED) is 0.614. The first-order chi connectivity index (χ1) is 6.85. The molecule has 6 heteroatoms. The van der Waals surface area contributed by atoms with Crippen molar-refractivity contribution in [2.75, 3.05) is 12.9 Å². The Hall–Kier alpha value is -1.30. The molecule has 0 radical (unpaired) electrons. The lowest BCUT2D eigenvalue weighted by Crippen LogP contribution is -1.97. The highest BCUT2D eigenvalue weighted by molar-refractivity contribution is 7.98. The third-order valence-corrected chi connectivity index (χ3v) is 2.27. The average Bonchev–Trinajstić information content (AvgIpc) is 2.66. The van der Waals surface area contributed by atoms with E-state index in [0.29, 0.717) is 23.3 Å². The van der Waals surface area contributed by atoms with Gasteiger partial charge < -0.3 is 4.74 Å². The number of thioether (sulfide) groups is 1. The zero-order chi connectivity index (χ0) is 9.97. The largest absolute Gasteiger partial charge is 0.477 e. The Morgan fingerprint density at radius 2 is 2.36 bits per heavy atom. The van der Waals surface area contributed by atoms with Crippen LogP contribution in [0, 0.1) is 0 Å². The molecule has 0 bridgehead atoms. The van der Waals surface area contributed by atoms with E-state index in [4.69, 9.17) is 4.74 Å². The molecule has 0 aliphatic rings. The van der Waals surface area contributed by atoms with E-state index < -0.39 is 0 Å². The van der Waals surface area contributed by atoms with Crippen LogP contribution in [-0.4, -0.2) is 33.0 Å². The van der Waals surface area contributed by atoms with E-state index in [1.807, 2.05) is 13.2 Å². The fourth-order valence-corrected chi connectivity index (χ4v) is 1.48. The van der Waals surface area contributed by atoms with Gasteiger partial charge in [0, 0.05) is 0 Å². The van der Waals surface area contributed by atoms with Gasteiger partial charge >= 0.3 is 0 Å². The number of hydrogen-bond acceptors (Lipinski definition) is 5. The molecule has 0 aliphatic heterocycles. The highest BCUT2D eigenvalue weighted by Crippen LogP contribution is 2.23. The highest BCUT2D eigenvalue weighted by atomic mass is 32.2. The Morgan fingerprint density at radius 1 is 1.50 bits per heavy atom.